The number of aromatic nitrogens is 1. The van der Waals surface area contributed by atoms with Gasteiger partial charge in [0.2, 0.25) is 5.95 Å². The van der Waals surface area contributed by atoms with E-state index < -0.39 is 17.3 Å². The van der Waals surface area contributed by atoms with Gasteiger partial charge in [-0.2, -0.15) is 4.39 Å². The summed E-state index contributed by atoms with van der Waals surface area (Å²) in [4.78, 5) is 15.0. The van der Waals surface area contributed by atoms with E-state index in [2.05, 4.69) is 4.98 Å². The van der Waals surface area contributed by atoms with Crippen LogP contribution in [0.4, 0.5) is 4.39 Å². The summed E-state index contributed by atoms with van der Waals surface area (Å²) in [5.74, 6) is -1.58. The number of carboxylic acids is 1. The molecule has 0 spiro atoms. The monoisotopic (exact) mass is 223 g/mol. The van der Waals surface area contributed by atoms with E-state index in [-0.39, 0.29) is 5.56 Å². The van der Waals surface area contributed by atoms with Gasteiger partial charge in [0, 0.05) is 11.8 Å². The first-order valence-electron chi connectivity index (χ1n) is 5.51. The molecule has 0 unspecified atom stereocenters. The molecule has 0 aromatic carbocycles. The lowest BCUT2D eigenvalue weighted by Crippen LogP contribution is -2.38. The molecule has 2 rings (SSSR count). The molecule has 1 fully saturated rings. The highest BCUT2D eigenvalue weighted by molar-refractivity contribution is 5.81. The van der Waals surface area contributed by atoms with Crippen LogP contribution in [-0.2, 0) is 10.2 Å². The predicted molar refractivity (Wildman–Crippen MR) is 56.6 cm³/mol. The molecule has 0 saturated heterocycles. The van der Waals surface area contributed by atoms with Crippen molar-refractivity contribution in [3.8, 4) is 0 Å². The number of hydrogen-bond donors (Lipinski definition) is 1. The Morgan fingerprint density at radius 2 is 2.06 bits per heavy atom. The van der Waals surface area contributed by atoms with Gasteiger partial charge < -0.3 is 5.11 Å². The molecule has 0 aliphatic heterocycles. The highest BCUT2D eigenvalue weighted by Crippen LogP contribution is 2.40. The Kier molecular flexibility index (Phi) is 2.90. The van der Waals surface area contributed by atoms with Crippen LogP contribution in [0.3, 0.4) is 0 Å². The molecule has 16 heavy (non-hydrogen) atoms. The van der Waals surface area contributed by atoms with E-state index in [0.29, 0.717) is 12.8 Å². The normalized spacial score (nSPS) is 19.3. The largest absolute Gasteiger partial charge is 0.481 e. The molecule has 1 aliphatic rings. The van der Waals surface area contributed by atoms with Crippen molar-refractivity contribution in [1.29, 1.82) is 0 Å². The average molecular weight is 223 g/mol. The van der Waals surface area contributed by atoms with Gasteiger partial charge in [0.15, 0.2) is 0 Å². The second-order valence-electron chi connectivity index (χ2n) is 4.29. The quantitative estimate of drug-likeness (QED) is 0.784. The molecule has 1 aromatic rings. The summed E-state index contributed by atoms with van der Waals surface area (Å²) < 4.78 is 13.6. The zero-order chi connectivity index (χ0) is 11.6. The number of carboxylic acid groups (broad SMARTS) is 1. The zero-order valence-corrected chi connectivity index (χ0v) is 8.95. The second kappa shape index (κ2) is 4.20. The Morgan fingerprint density at radius 1 is 1.38 bits per heavy atom. The van der Waals surface area contributed by atoms with Crippen LogP contribution in [0.25, 0.3) is 0 Å². The smallest absolute Gasteiger partial charge is 0.314 e. The molecular formula is C12H14FNO2. The molecule has 86 valence electrons. The van der Waals surface area contributed by atoms with E-state index in [1.807, 2.05) is 0 Å². The lowest BCUT2D eigenvalue weighted by Gasteiger charge is -2.33. The third kappa shape index (κ3) is 1.68. The highest BCUT2D eigenvalue weighted by atomic mass is 19.1. The zero-order valence-electron chi connectivity index (χ0n) is 8.95. The molecule has 1 saturated carbocycles. The standard InChI is InChI=1S/C12H14FNO2/c13-10-9(5-4-8-14-10)12(11(15)16)6-2-1-3-7-12/h4-5,8H,1-3,6-7H2,(H,15,16). The molecule has 0 atom stereocenters. The average Bonchev–Trinajstić information content (AvgIpc) is 2.30. The van der Waals surface area contributed by atoms with Gasteiger partial charge >= 0.3 is 5.97 Å². The maximum absolute atomic E-state index is 13.6. The Hall–Kier alpha value is -1.45. The van der Waals surface area contributed by atoms with Gasteiger partial charge in [-0.25, -0.2) is 4.98 Å². The lowest BCUT2D eigenvalue weighted by molar-refractivity contribution is -0.145. The molecule has 3 nitrogen and oxygen atoms in total. The maximum Gasteiger partial charge on any atom is 0.314 e. The molecule has 1 aromatic heterocycles. The summed E-state index contributed by atoms with van der Waals surface area (Å²) in [6.45, 7) is 0. The van der Waals surface area contributed by atoms with Gasteiger partial charge in [-0.05, 0) is 18.9 Å². The fourth-order valence-corrected chi connectivity index (χ4v) is 2.50. The fraction of sp³-hybridized carbons (Fsp3) is 0.500. The number of halogens is 1. The van der Waals surface area contributed by atoms with Crippen LogP contribution in [0.15, 0.2) is 18.3 Å². The third-order valence-corrected chi connectivity index (χ3v) is 3.39. The second-order valence-corrected chi connectivity index (χ2v) is 4.29. The van der Waals surface area contributed by atoms with Gasteiger partial charge in [0.05, 0.1) is 5.41 Å². The van der Waals surface area contributed by atoms with Gasteiger partial charge in [-0.15, -0.1) is 0 Å². The molecule has 4 heteroatoms. The van der Waals surface area contributed by atoms with Crippen LogP contribution >= 0.6 is 0 Å². The van der Waals surface area contributed by atoms with Gasteiger partial charge in [-0.1, -0.05) is 25.3 Å². The number of aliphatic carboxylic acids is 1. The van der Waals surface area contributed by atoms with Crippen molar-refractivity contribution >= 4 is 5.97 Å². The number of hydrogen-bond acceptors (Lipinski definition) is 2. The number of nitrogens with zero attached hydrogens (tertiary/aromatic N) is 1. The van der Waals surface area contributed by atoms with Crippen molar-refractivity contribution in [3.05, 3.63) is 29.8 Å². The number of carbonyl (C=O) groups is 1. The van der Waals surface area contributed by atoms with Gasteiger partial charge in [-0.3, -0.25) is 4.79 Å². The summed E-state index contributed by atoms with van der Waals surface area (Å²) in [7, 11) is 0. The van der Waals surface area contributed by atoms with Crippen LogP contribution in [0.1, 0.15) is 37.7 Å². The minimum atomic E-state index is -1.06. The highest BCUT2D eigenvalue weighted by Gasteiger charge is 2.43. The van der Waals surface area contributed by atoms with E-state index in [1.165, 1.54) is 6.20 Å². The lowest BCUT2D eigenvalue weighted by atomic mass is 9.70. The summed E-state index contributed by atoms with van der Waals surface area (Å²) in [5, 5.41) is 9.37. The Balaban J connectivity index is 2.47. The Bertz CT molecular complexity index is 400. The van der Waals surface area contributed by atoms with E-state index in [1.54, 1.807) is 12.1 Å². The van der Waals surface area contributed by atoms with E-state index in [9.17, 15) is 14.3 Å². The van der Waals surface area contributed by atoms with E-state index in [0.717, 1.165) is 19.3 Å². The minimum absolute atomic E-state index is 0.238. The first kappa shape index (κ1) is 11.0. The molecule has 0 bridgehead atoms. The third-order valence-electron chi connectivity index (χ3n) is 3.39. The SMILES string of the molecule is O=C(O)C1(c2cccnc2F)CCCCC1. The molecule has 1 N–H and O–H groups in total. The number of rotatable bonds is 2. The molecule has 1 heterocycles. The summed E-state index contributed by atoms with van der Waals surface area (Å²) in [6.07, 6.45) is 5.05. The topological polar surface area (TPSA) is 50.2 Å². The fourth-order valence-electron chi connectivity index (χ4n) is 2.50. The molecule has 0 radical (unpaired) electrons. The van der Waals surface area contributed by atoms with Crippen LogP contribution in [0, 0.1) is 5.95 Å². The minimum Gasteiger partial charge on any atom is -0.481 e. The van der Waals surface area contributed by atoms with E-state index in [4.69, 9.17) is 0 Å². The van der Waals surface area contributed by atoms with Crippen LogP contribution in [0.2, 0.25) is 0 Å². The first-order chi connectivity index (χ1) is 7.67. The molecular weight excluding hydrogens is 209 g/mol. The summed E-state index contributed by atoms with van der Waals surface area (Å²) in [5.41, 5.74) is -0.821. The van der Waals surface area contributed by atoms with Gasteiger partial charge in [0.25, 0.3) is 0 Å². The van der Waals surface area contributed by atoms with Crippen molar-refractivity contribution in [2.24, 2.45) is 0 Å². The van der Waals surface area contributed by atoms with E-state index >= 15 is 0 Å². The van der Waals surface area contributed by atoms with Crippen molar-refractivity contribution < 1.29 is 14.3 Å². The number of pyridine rings is 1. The first-order valence-corrected chi connectivity index (χ1v) is 5.51. The predicted octanol–water partition coefficient (Wildman–Crippen LogP) is 2.51. The van der Waals surface area contributed by atoms with Gasteiger partial charge in [0.1, 0.15) is 0 Å². The summed E-state index contributed by atoms with van der Waals surface area (Å²) in [6, 6.07) is 3.14. The van der Waals surface area contributed by atoms with Crippen LogP contribution in [-0.4, -0.2) is 16.1 Å². The van der Waals surface area contributed by atoms with Crippen molar-refractivity contribution in [2.75, 3.05) is 0 Å². The maximum atomic E-state index is 13.6. The van der Waals surface area contributed by atoms with Crippen molar-refractivity contribution in [3.63, 3.8) is 0 Å². The van der Waals surface area contributed by atoms with Crippen molar-refractivity contribution in [2.45, 2.75) is 37.5 Å². The van der Waals surface area contributed by atoms with Crippen LogP contribution < -0.4 is 0 Å². The van der Waals surface area contributed by atoms with Crippen LogP contribution in [0.5, 0.6) is 0 Å². The Labute approximate surface area is 93.3 Å². The van der Waals surface area contributed by atoms with Crippen molar-refractivity contribution in [1.82, 2.24) is 4.98 Å². The Morgan fingerprint density at radius 3 is 2.62 bits per heavy atom. The molecule has 0 amide bonds. The summed E-state index contributed by atoms with van der Waals surface area (Å²) >= 11 is 0. The molecule has 1 aliphatic carbocycles.